The van der Waals surface area contributed by atoms with Gasteiger partial charge in [-0.15, -0.1) is 0 Å². The summed E-state index contributed by atoms with van der Waals surface area (Å²) >= 11 is 0. The molecule has 1 fully saturated rings. The van der Waals surface area contributed by atoms with Crippen molar-refractivity contribution in [3.8, 4) is 0 Å². The third-order valence-electron chi connectivity index (χ3n) is 3.58. The highest BCUT2D eigenvalue weighted by Crippen LogP contribution is 2.22. The SMILES string of the molecule is CCC(C)c1cc(N2CCC(O)CC2)ncn1. The molecule has 1 N–H and O–H groups in total. The zero-order valence-corrected chi connectivity index (χ0v) is 10.6. The van der Waals surface area contributed by atoms with Crippen LogP contribution in [0.15, 0.2) is 12.4 Å². The lowest BCUT2D eigenvalue weighted by Crippen LogP contribution is -2.36. The van der Waals surface area contributed by atoms with Gasteiger partial charge in [0.05, 0.1) is 6.10 Å². The van der Waals surface area contributed by atoms with Gasteiger partial charge >= 0.3 is 0 Å². The fourth-order valence-electron chi connectivity index (χ4n) is 2.11. The molecule has 1 aliphatic rings. The second-order valence-corrected chi connectivity index (χ2v) is 4.83. The Morgan fingerprint density at radius 3 is 2.76 bits per heavy atom. The van der Waals surface area contributed by atoms with Crippen LogP contribution in [0.25, 0.3) is 0 Å². The molecule has 17 heavy (non-hydrogen) atoms. The lowest BCUT2D eigenvalue weighted by Gasteiger charge is -2.30. The average Bonchev–Trinajstić information content (AvgIpc) is 2.39. The van der Waals surface area contributed by atoms with Crippen molar-refractivity contribution in [1.29, 1.82) is 0 Å². The maximum absolute atomic E-state index is 9.50. The van der Waals surface area contributed by atoms with Crippen molar-refractivity contribution in [2.75, 3.05) is 18.0 Å². The fraction of sp³-hybridized carbons (Fsp3) is 0.692. The third-order valence-corrected chi connectivity index (χ3v) is 3.58. The maximum atomic E-state index is 9.50. The number of rotatable bonds is 3. The van der Waals surface area contributed by atoms with E-state index in [0.29, 0.717) is 5.92 Å². The first-order chi connectivity index (χ1) is 8.20. The highest BCUT2D eigenvalue weighted by Gasteiger charge is 2.18. The van der Waals surface area contributed by atoms with Crippen molar-refractivity contribution in [2.45, 2.75) is 45.1 Å². The summed E-state index contributed by atoms with van der Waals surface area (Å²) in [5, 5.41) is 9.50. The molecule has 1 aromatic rings. The quantitative estimate of drug-likeness (QED) is 0.870. The zero-order chi connectivity index (χ0) is 12.3. The van der Waals surface area contributed by atoms with Crippen LogP contribution in [0.2, 0.25) is 0 Å². The summed E-state index contributed by atoms with van der Waals surface area (Å²) in [7, 11) is 0. The molecule has 0 saturated carbocycles. The van der Waals surface area contributed by atoms with E-state index in [1.165, 1.54) is 0 Å². The summed E-state index contributed by atoms with van der Waals surface area (Å²) in [5.74, 6) is 1.48. The number of aromatic nitrogens is 2. The molecule has 2 heterocycles. The minimum Gasteiger partial charge on any atom is -0.393 e. The van der Waals surface area contributed by atoms with Crippen LogP contribution in [0, 0.1) is 0 Å². The monoisotopic (exact) mass is 235 g/mol. The predicted molar refractivity (Wildman–Crippen MR) is 68.2 cm³/mol. The number of hydrogen-bond donors (Lipinski definition) is 1. The van der Waals surface area contributed by atoms with E-state index < -0.39 is 0 Å². The molecule has 0 radical (unpaired) electrons. The van der Waals surface area contributed by atoms with E-state index in [1.807, 2.05) is 0 Å². The summed E-state index contributed by atoms with van der Waals surface area (Å²) in [4.78, 5) is 10.9. The molecule has 1 unspecified atom stereocenters. The van der Waals surface area contributed by atoms with Crippen LogP contribution in [0.4, 0.5) is 5.82 Å². The Morgan fingerprint density at radius 1 is 1.41 bits per heavy atom. The van der Waals surface area contributed by atoms with Crippen LogP contribution in [-0.4, -0.2) is 34.3 Å². The topological polar surface area (TPSA) is 49.2 Å². The molecular weight excluding hydrogens is 214 g/mol. The van der Waals surface area contributed by atoms with Crippen molar-refractivity contribution in [1.82, 2.24) is 9.97 Å². The Balaban J connectivity index is 2.10. The number of anilines is 1. The number of hydrogen-bond acceptors (Lipinski definition) is 4. The lowest BCUT2D eigenvalue weighted by molar-refractivity contribution is 0.145. The molecule has 4 heteroatoms. The summed E-state index contributed by atoms with van der Waals surface area (Å²) in [6.07, 6.45) is 4.28. The van der Waals surface area contributed by atoms with Crippen LogP contribution in [0.1, 0.15) is 44.7 Å². The van der Waals surface area contributed by atoms with Gasteiger partial charge in [-0.05, 0) is 25.2 Å². The number of piperidine rings is 1. The molecular formula is C13H21N3O. The minimum absolute atomic E-state index is 0.137. The zero-order valence-electron chi connectivity index (χ0n) is 10.6. The van der Waals surface area contributed by atoms with E-state index in [0.717, 1.165) is 43.9 Å². The first-order valence-corrected chi connectivity index (χ1v) is 6.45. The third kappa shape index (κ3) is 2.94. The summed E-state index contributed by atoms with van der Waals surface area (Å²) in [6, 6.07) is 2.09. The van der Waals surface area contributed by atoms with Crippen LogP contribution >= 0.6 is 0 Å². The van der Waals surface area contributed by atoms with E-state index in [2.05, 4.69) is 34.8 Å². The van der Waals surface area contributed by atoms with Crippen LogP contribution in [0.5, 0.6) is 0 Å². The first kappa shape index (κ1) is 12.3. The Hall–Kier alpha value is -1.16. The molecule has 0 bridgehead atoms. The molecule has 0 amide bonds. The Bertz CT molecular complexity index is 361. The van der Waals surface area contributed by atoms with Crippen molar-refractivity contribution in [2.24, 2.45) is 0 Å². The lowest BCUT2D eigenvalue weighted by atomic mass is 10.0. The van der Waals surface area contributed by atoms with Gasteiger partial charge in [-0.1, -0.05) is 13.8 Å². The van der Waals surface area contributed by atoms with Gasteiger partial charge in [0.25, 0.3) is 0 Å². The molecule has 1 atom stereocenters. The van der Waals surface area contributed by atoms with Crippen molar-refractivity contribution in [3.63, 3.8) is 0 Å². The molecule has 1 aromatic heterocycles. The Kier molecular flexibility index (Phi) is 3.94. The Morgan fingerprint density at radius 2 is 2.12 bits per heavy atom. The predicted octanol–water partition coefficient (Wildman–Crippen LogP) is 1.95. The van der Waals surface area contributed by atoms with E-state index in [-0.39, 0.29) is 6.10 Å². The molecule has 0 spiro atoms. The summed E-state index contributed by atoms with van der Waals surface area (Å²) in [6.45, 7) is 6.13. The van der Waals surface area contributed by atoms with Crippen molar-refractivity contribution in [3.05, 3.63) is 18.1 Å². The largest absolute Gasteiger partial charge is 0.393 e. The van der Waals surface area contributed by atoms with E-state index >= 15 is 0 Å². The second-order valence-electron chi connectivity index (χ2n) is 4.83. The summed E-state index contributed by atoms with van der Waals surface area (Å²) < 4.78 is 0. The highest BCUT2D eigenvalue weighted by atomic mass is 16.3. The van der Waals surface area contributed by atoms with Crippen LogP contribution in [0.3, 0.4) is 0 Å². The van der Waals surface area contributed by atoms with Gasteiger partial charge in [0.1, 0.15) is 12.1 Å². The molecule has 94 valence electrons. The molecule has 1 saturated heterocycles. The van der Waals surface area contributed by atoms with E-state index in [4.69, 9.17) is 0 Å². The summed E-state index contributed by atoms with van der Waals surface area (Å²) in [5.41, 5.74) is 1.11. The molecule has 1 aliphatic heterocycles. The Labute approximate surface area is 103 Å². The standard InChI is InChI=1S/C13H21N3O/c1-3-10(2)12-8-13(15-9-14-12)16-6-4-11(17)5-7-16/h8-11,17H,3-7H2,1-2H3. The van der Waals surface area contributed by atoms with Crippen molar-refractivity contribution < 1.29 is 5.11 Å². The molecule has 2 rings (SSSR count). The van der Waals surface area contributed by atoms with Crippen LogP contribution in [-0.2, 0) is 0 Å². The fourth-order valence-corrected chi connectivity index (χ4v) is 2.11. The number of aliphatic hydroxyl groups is 1. The highest BCUT2D eigenvalue weighted by molar-refractivity contribution is 5.40. The van der Waals surface area contributed by atoms with Gasteiger partial charge < -0.3 is 10.0 Å². The maximum Gasteiger partial charge on any atom is 0.132 e. The average molecular weight is 235 g/mol. The van der Waals surface area contributed by atoms with Gasteiger partial charge in [0.15, 0.2) is 0 Å². The normalized spacial score (nSPS) is 19.4. The number of aliphatic hydroxyl groups excluding tert-OH is 1. The van der Waals surface area contributed by atoms with Gasteiger partial charge in [-0.3, -0.25) is 0 Å². The molecule has 4 nitrogen and oxygen atoms in total. The smallest absolute Gasteiger partial charge is 0.132 e. The minimum atomic E-state index is -0.137. The molecule has 0 aliphatic carbocycles. The van der Waals surface area contributed by atoms with Gasteiger partial charge in [-0.25, -0.2) is 9.97 Å². The van der Waals surface area contributed by atoms with E-state index in [9.17, 15) is 5.11 Å². The van der Waals surface area contributed by atoms with Gasteiger partial charge in [-0.2, -0.15) is 0 Å². The second kappa shape index (κ2) is 5.45. The van der Waals surface area contributed by atoms with Gasteiger partial charge in [0.2, 0.25) is 0 Å². The van der Waals surface area contributed by atoms with E-state index in [1.54, 1.807) is 6.33 Å². The molecule has 0 aromatic carbocycles. The van der Waals surface area contributed by atoms with Gasteiger partial charge in [0, 0.05) is 24.8 Å². The van der Waals surface area contributed by atoms with Crippen LogP contribution < -0.4 is 4.90 Å². The first-order valence-electron chi connectivity index (χ1n) is 6.45. The van der Waals surface area contributed by atoms with Crippen molar-refractivity contribution >= 4 is 5.82 Å². The number of nitrogens with zero attached hydrogens (tertiary/aromatic N) is 3.